The van der Waals surface area contributed by atoms with Gasteiger partial charge in [-0.3, -0.25) is 9.97 Å². The Balaban J connectivity index is 0.000000354. The first-order chi connectivity index (χ1) is 10.7. The molecule has 128 valence electrons. The summed E-state index contributed by atoms with van der Waals surface area (Å²) in [6.45, 7) is 7.43. The van der Waals surface area contributed by atoms with Gasteiger partial charge >= 0.3 is 0 Å². The van der Waals surface area contributed by atoms with Crippen LogP contribution in [-0.2, 0) is 0 Å². The van der Waals surface area contributed by atoms with E-state index in [1.807, 2.05) is 19.9 Å². The van der Waals surface area contributed by atoms with Crippen LogP contribution in [0.1, 0.15) is 27.7 Å². The molecule has 0 aliphatic heterocycles. The molecule has 0 saturated heterocycles. The van der Waals surface area contributed by atoms with Gasteiger partial charge in [-0.15, -0.1) is 0 Å². The lowest BCUT2D eigenvalue weighted by Crippen LogP contribution is -2.05. The summed E-state index contributed by atoms with van der Waals surface area (Å²) < 4.78 is 7.19. The lowest BCUT2D eigenvalue weighted by molar-refractivity contribution is 0.216. The number of aromatic nitrogens is 2. The van der Waals surface area contributed by atoms with Crippen LogP contribution in [0.15, 0.2) is 45.9 Å². The Morgan fingerprint density at radius 2 is 1.48 bits per heavy atom. The highest BCUT2D eigenvalue weighted by atomic mass is 79.9. The SMILES string of the molecule is CC(C)O.CC(C)Oc1ccncc1Br.Clc1ccncc1Br. The first-order valence-corrected chi connectivity index (χ1v) is 8.89. The monoisotopic (exact) mass is 466 g/mol. The lowest BCUT2D eigenvalue weighted by Gasteiger charge is -2.09. The van der Waals surface area contributed by atoms with E-state index in [1.165, 1.54) is 0 Å². The molecule has 0 saturated carbocycles. The van der Waals surface area contributed by atoms with Gasteiger partial charge in [0.1, 0.15) is 5.75 Å². The van der Waals surface area contributed by atoms with E-state index >= 15 is 0 Å². The predicted octanol–water partition coefficient (Wildman–Crippen LogP) is 5.52. The fourth-order valence-electron chi connectivity index (χ4n) is 1.07. The molecule has 0 fully saturated rings. The summed E-state index contributed by atoms with van der Waals surface area (Å²) in [4.78, 5) is 7.74. The molecule has 2 heterocycles. The highest BCUT2D eigenvalue weighted by Crippen LogP contribution is 2.23. The third kappa shape index (κ3) is 12.4. The van der Waals surface area contributed by atoms with Gasteiger partial charge in [-0.25, -0.2) is 0 Å². The van der Waals surface area contributed by atoms with Gasteiger partial charge in [-0.05, 0) is 71.7 Å². The second kappa shape index (κ2) is 12.7. The maximum Gasteiger partial charge on any atom is 0.136 e. The van der Waals surface area contributed by atoms with Crippen LogP contribution in [0.5, 0.6) is 5.75 Å². The van der Waals surface area contributed by atoms with Crippen LogP contribution in [0.4, 0.5) is 0 Å². The van der Waals surface area contributed by atoms with Gasteiger partial charge in [0.15, 0.2) is 0 Å². The van der Waals surface area contributed by atoms with Gasteiger partial charge in [0.2, 0.25) is 0 Å². The Labute approximate surface area is 159 Å². The van der Waals surface area contributed by atoms with Crippen molar-refractivity contribution in [2.24, 2.45) is 0 Å². The minimum Gasteiger partial charge on any atom is -0.490 e. The third-order valence-corrected chi connectivity index (χ3v) is 3.61. The molecule has 0 atom stereocenters. The van der Waals surface area contributed by atoms with Crippen LogP contribution in [0.25, 0.3) is 0 Å². The first kappa shape index (κ1) is 22.3. The Morgan fingerprint density at radius 1 is 1.00 bits per heavy atom. The van der Waals surface area contributed by atoms with E-state index in [0.717, 1.165) is 14.7 Å². The summed E-state index contributed by atoms with van der Waals surface area (Å²) >= 11 is 12.2. The van der Waals surface area contributed by atoms with Crippen molar-refractivity contribution in [3.8, 4) is 5.75 Å². The summed E-state index contributed by atoms with van der Waals surface area (Å²) in [5, 5.41) is 8.75. The van der Waals surface area contributed by atoms with E-state index in [1.54, 1.807) is 44.7 Å². The molecule has 0 bridgehead atoms. The third-order valence-electron chi connectivity index (χ3n) is 1.82. The molecule has 0 radical (unpaired) electrons. The van der Waals surface area contributed by atoms with Crippen LogP contribution in [0.2, 0.25) is 5.02 Å². The molecule has 23 heavy (non-hydrogen) atoms. The molecule has 0 aromatic carbocycles. The van der Waals surface area contributed by atoms with Gasteiger partial charge < -0.3 is 9.84 Å². The quantitative estimate of drug-likeness (QED) is 0.631. The fourth-order valence-corrected chi connectivity index (χ4v) is 1.77. The van der Waals surface area contributed by atoms with Crippen molar-refractivity contribution in [1.82, 2.24) is 9.97 Å². The summed E-state index contributed by atoms with van der Waals surface area (Å²) in [5.74, 6) is 0.843. The van der Waals surface area contributed by atoms with Crippen LogP contribution in [0.3, 0.4) is 0 Å². The average molecular weight is 469 g/mol. The van der Waals surface area contributed by atoms with Crippen molar-refractivity contribution in [3.63, 3.8) is 0 Å². The van der Waals surface area contributed by atoms with Gasteiger partial charge in [-0.2, -0.15) is 0 Å². The normalized spacial score (nSPS) is 9.65. The molecule has 2 rings (SSSR count). The van der Waals surface area contributed by atoms with Crippen molar-refractivity contribution >= 4 is 43.5 Å². The highest BCUT2D eigenvalue weighted by Gasteiger charge is 2.00. The van der Waals surface area contributed by atoms with Crippen molar-refractivity contribution in [3.05, 3.63) is 50.9 Å². The van der Waals surface area contributed by atoms with E-state index in [9.17, 15) is 0 Å². The largest absolute Gasteiger partial charge is 0.490 e. The molecule has 1 N–H and O–H groups in total. The number of nitrogens with zero attached hydrogens (tertiary/aromatic N) is 2. The number of hydrogen-bond acceptors (Lipinski definition) is 4. The first-order valence-electron chi connectivity index (χ1n) is 6.93. The number of pyridine rings is 2. The summed E-state index contributed by atoms with van der Waals surface area (Å²) in [7, 11) is 0. The number of ether oxygens (including phenoxy) is 1. The van der Waals surface area contributed by atoms with Crippen molar-refractivity contribution in [2.75, 3.05) is 0 Å². The summed E-state index contributed by atoms with van der Waals surface area (Å²) in [6, 6.07) is 3.57. The van der Waals surface area contributed by atoms with Crippen LogP contribution in [0, 0.1) is 0 Å². The summed E-state index contributed by atoms with van der Waals surface area (Å²) in [6.07, 6.45) is 6.77. The zero-order chi connectivity index (χ0) is 17.8. The molecule has 0 aliphatic carbocycles. The molecule has 0 amide bonds. The van der Waals surface area contributed by atoms with E-state index < -0.39 is 0 Å². The Morgan fingerprint density at radius 3 is 1.83 bits per heavy atom. The van der Waals surface area contributed by atoms with Crippen LogP contribution in [-0.4, -0.2) is 27.3 Å². The predicted molar refractivity (Wildman–Crippen MR) is 102 cm³/mol. The number of aliphatic hydroxyl groups excluding tert-OH is 1. The zero-order valence-corrected chi connectivity index (χ0v) is 17.4. The minimum absolute atomic E-state index is 0.167. The molecule has 0 aliphatic rings. The van der Waals surface area contributed by atoms with Gasteiger partial charge in [0.05, 0.1) is 20.1 Å². The smallest absolute Gasteiger partial charge is 0.136 e. The second-order valence-electron chi connectivity index (χ2n) is 4.86. The van der Waals surface area contributed by atoms with E-state index in [2.05, 4.69) is 41.8 Å². The molecule has 2 aromatic rings. The molecule has 2 aromatic heterocycles. The minimum atomic E-state index is -0.167. The van der Waals surface area contributed by atoms with Crippen LogP contribution < -0.4 is 4.74 Å². The fraction of sp³-hybridized carbons (Fsp3) is 0.375. The van der Waals surface area contributed by atoms with Crippen molar-refractivity contribution < 1.29 is 9.84 Å². The molecule has 7 heteroatoms. The van der Waals surface area contributed by atoms with Gasteiger partial charge in [0, 0.05) is 30.9 Å². The lowest BCUT2D eigenvalue weighted by atomic mass is 10.4. The topological polar surface area (TPSA) is 55.2 Å². The summed E-state index contributed by atoms with van der Waals surface area (Å²) in [5.41, 5.74) is 0. The molecule has 4 nitrogen and oxygen atoms in total. The maximum absolute atomic E-state index is 8.06. The number of halogens is 3. The molecular formula is C16H21Br2ClN2O2. The molecule has 0 unspecified atom stereocenters. The Bertz CT molecular complexity index is 546. The van der Waals surface area contributed by atoms with E-state index in [0.29, 0.717) is 5.02 Å². The highest BCUT2D eigenvalue weighted by molar-refractivity contribution is 9.10. The van der Waals surface area contributed by atoms with E-state index in [-0.39, 0.29) is 12.2 Å². The Kier molecular flexibility index (Phi) is 12.3. The number of hydrogen-bond donors (Lipinski definition) is 1. The molecular weight excluding hydrogens is 447 g/mol. The Hall–Kier alpha value is -0.690. The standard InChI is InChI=1S/C8H10BrNO.C5H3BrClN.C3H8O/c1-6(2)11-8-3-4-10-5-7(8)9;6-4-3-8-2-1-5(4)7;1-3(2)4/h3-6H,1-2H3;1-3H;3-4H,1-2H3. The van der Waals surface area contributed by atoms with Gasteiger partial charge in [0.25, 0.3) is 0 Å². The zero-order valence-electron chi connectivity index (χ0n) is 13.5. The van der Waals surface area contributed by atoms with Crippen molar-refractivity contribution in [1.29, 1.82) is 0 Å². The van der Waals surface area contributed by atoms with E-state index in [4.69, 9.17) is 21.4 Å². The van der Waals surface area contributed by atoms with Crippen molar-refractivity contribution in [2.45, 2.75) is 39.9 Å². The second-order valence-corrected chi connectivity index (χ2v) is 6.97. The maximum atomic E-state index is 8.06. The number of aliphatic hydroxyl groups is 1. The van der Waals surface area contributed by atoms with Crippen LogP contribution >= 0.6 is 43.5 Å². The molecule has 0 spiro atoms. The average Bonchev–Trinajstić information content (AvgIpc) is 2.44. The number of rotatable bonds is 2. The van der Waals surface area contributed by atoms with Gasteiger partial charge in [-0.1, -0.05) is 11.6 Å².